The number of ether oxygens (including phenoxy) is 1. The third-order valence-corrected chi connectivity index (χ3v) is 2.69. The van der Waals surface area contributed by atoms with Crippen molar-refractivity contribution in [1.82, 2.24) is 9.97 Å². The van der Waals surface area contributed by atoms with Gasteiger partial charge in [-0.05, 0) is 18.1 Å². The zero-order chi connectivity index (χ0) is 13.0. The van der Waals surface area contributed by atoms with Gasteiger partial charge in [-0.1, -0.05) is 25.1 Å². The molecule has 0 fully saturated rings. The van der Waals surface area contributed by atoms with Crippen molar-refractivity contribution < 1.29 is 4.74 Å². The van der Waals surface area contributed by atoms with Gasteiger partial charge < -0.3 is 15.8 Å². The molecule has 0 aliphatic carbocycles. The van der Waals surface area contributed by atoms with Crippen molar-refractivity contribution in [3.8, 4) is 5.75 Å². The summed E-state index contributed by atoms with van der Waals surface area (Å²) in [7, 11) is 1.55. The lowest BCUT2D eigenvalue weighted by Crippen LogP contribution is -2.03. The molecule has 1 heterocycles. The van der Waals surface area contributed by atoms with E-state index in [-0.39, 0.29) is 0 Å². The first kappa shape index (κ1) is 12.2. The molecule has 0 amide bonds. The molecule has 0 saturated heterocycles. The maximum atomic E-state index is 5.74. The van der Waals surface area contributed by atoms with Crippen molar-refractivity contribution in [1.29, 1.82) is 0 Å². The molecule has 3 N–H and O–H groups in total. The van der Waals surface area contributed by atoms with Crippen LogP contribution in [0.5, 0.6) is 5.75 Å². The number of nitrogens with one attached hydrogen (secondary N) is 1. The smallest absolute Gasteiger partial charge is 0.204 e. The summed E-state index contributed by atoms with van der Waals surface area (Å²) >= 11 is 0. The molecular weight excluding hydrogens is 228 g/mol. The van der Waals surface area contributed by atoms with Crippen LogP contribution in [0, 0.1) is 0 Å². The van der Waals surface area contributed by atoms with E-state index in [1.807, 2.05) is 18.2 Å². The van der Waals surface area contributed by atoms with Gasteiger partial charge in [0.05, 0.1) is 7.11 Å². The minimum atomic E-state index is 0.323. The molecule has 0 aliphatic heterocycles. The standard InChI is InChI=1S/C13H16N4O/c1-3-9-6-4-5-7-10(9)17-13-11(18-2)12(14)15-8-16-13/h4-8H,3H2,1-2H3,(H3,14,15,16,17). The predicted octanol–water partition coefficient (Wildman–Crippen LogP) is 2.37. The second-order valence-electron chi connectivity index (χ2n) is 3.78. The van der Waals surface area contributed by atoms with Crippen LogP contribution < -0.4 is 15.8 Å². The molecular formula is C13H16N4O. The number of benzene rings is 1. The van der Waals surface area contributed by atoms with Gasteiger partial charge in [-0.2, -0.15) is 0 Å². The monoisotopic (exact) mass is 244 g/mol. The number of nitrogens with two attached hydrogens (primary N) is 1. The molecule has 0 atom stereocenters. The summed E-state index contributed by atoms with van der Waals surface area (Å²) in [5.41, 5.74) is 7.94. The molecule has 0 spiro atoms. The van der Waals surface area contributed by atoms with Crippen LogP contribution in [0.4, 0.5) is 17.3 Å². The topological polar surface area (TPSA) is 73.1 Å². The lowest BCUT2D eigenvalue weighted by Gasteiger charge is -2.13. The average Bonchev–Trinajstić information content (AvgIpc) is 2.40. The number of aromatic nitrogens is 2. The van der Waals surface area contributed by atoms with Crippen molar-refractivity contribution >= 4 is 17.3 Å². The van der Waals surface area contributed by atoms with Gasteiger partial charge in [0.25, 0.3) is 0 Å². The lowest BCUT2D eigenvalue weighted by molar-refractivity contribution is 0.415. The first-order valence-corrected chi connectivity index (χ1v) is 5.75. The highest BCUT2D eigenvalue weighted by Gasteiger charge is 2.10. The van der Waals surface area contributed by atoms with Crippen LogP contribution in [0.15, 0.2) is 30.6 Å². The van der Waals surface area contributed by atoms with E-state index in [1.54, 1.807) is 7.11 Å². The van der Waals surface area contributed by atoms with E-state index in [2.05, 4.69) is 28.3 Å². The minimum absolute atomic E-state index is 0.323. The molecule has 5 heteroatoms. The quantitative estimate of drug-likeness (QED) is 0.863. The van der Waals surface area contributed by atoms with Gasteiger partial charge in [0.15, 0.2) is 11.6 Å². The number of hydrogen-bond acceptors (Lipinski definition) is 5. The molecule has 5 nitrogen and oxygen atoms in total. The number of para-hydroxylation sites is 1. The summed E-state index contributed by atoms with van der Waals surface area (Å²) < 4.78 is 5.21. The Kier molecular flexibility index (Phi) is 3.62. The highest BCUT2D eigenvalue weighted by atomic mass is 16.5. The van der Waals surface area contributed by atoms with E-state index < -0.39 is 0 Å². The van der Waals surface area contributed by atoms with Gasteiger partial charge in [-0.15, -0.1) is 0 Å². The van der Waals surface area contributed by atoms with Gasteiger partial charge in [-0.3, -0.25) is 0 Å². The lowest BCUT2D eigenvalue weighted by atomic mass is 10.1. The Balaban J connectivity index is 2.37. The molecule has 18 heavy (non-hydrogen) atoms. The molecule has 0 radical (unpaired) electrons. The molecule has 94 valence electrons. The zero-order valence-electron chi connectivity index (χ0n) is 10.5. The summed E-state index contributed by atoms with van der Waals surface area (Å²) in [5, 5.41) is 3.23. The Morgan fingerprint density at radius 3 is 2.78 bits per heavy atom. The third-order valence-electron chi connectivity index (χ3n) is 2.69. The van der Waals surface area contributed by atoms with Crippen molar-refractivity contribution in [2.24, 2.45) is 0 Å². The molecule has 0 unspecified atom stereocenters. The Labute approximate surface area is 106 Å². The van der Waals surface area contributed by atoms with E-state index in [1.165, 1.54) is 11.9 Å². The Hall–Kier alpha value is -2.30. The summed E-state index contributed by atoms with van der Waals surface area (Å²) in [6, 6.07) is 8.05. The Bertz CT molecular complexity index is 542. The van der Waals surface area contributed by atoms with Gasteiger partial charge in [0.1, 0.15) is 6.33 Å². The normalized spacial score (nSPS) is 10.1. The second kappa shape index (κ2) is 5.35. The van der Waals surface area contributed by atoms with Gasteiger partial charge in [0.2, 0.25) is 5.75 Å². The van der Waals surface area contributed by atoms with Crippen molar-refractivity contribution in [3.05, 3.63) is 36.2 Å². The first-order valence-electron chi connectivity index (χ1n) is 5.75. The maximum absolute atomic E-state index is 5.74. The zero-order valence-corrected chi connectivity index (χ0v) is 10.5. The first-order chi connectivity index (χ1) is 8.76. The maximum Gasteiger partial charge on any atom is 0.204 e. The SMILES string of the molecule is CCc1ccccc1Nc1ncnc(N)c1OC. The molecule has 0 bridgehead atoms. The third kappa shape index (κ3) is 2.34. The fraction of sp³-hybridized carbons (Fsp3) is 0.231. The van der Waals surface area contributed by atoms with Crippen molar-refractivity contribution in [2.45, 2.75) is 13.3 Å². The van der Waals surface area contributed by atoms with Crippen molar-refractivity contribution in [2.75, 3.05) is 18.2 Å². The Morgan fingerprint density at radius 2 is 2.06 bits per heavy atom. The van der Waals surface area contributed by atoms with Crippen LogP contribution in [-0.2, 0) is 6.42 Å². The summed E-state index contributed by atoms with van der Waals surface area (Å²) in [6.45, 7) is 2.10. The van der Waals surface area contributed by atoms with E-state index in [0.29, 0.717) is 17.4 Å². The van der Waals surface area contributed by atoms with Crippen LogP contribution in [0.1, 0.15) is 12.5 Å². The van der Waals surface area contributed by atoms with Crippen LogP contribution >= 0.6 is 0 Å². The number of hydrogen-bond donors (Lipinski definition) is 2. The van der Waals surface area contributed by atoms with Crippen LogP contribution in [-0.4, -0.2) is 17.1 Å². The number of anilines is 3. The molecule has 1 aromatic carbocycles. The van der Waals surface area contributed by atoms with E-state index in [4.69, 9.17) is 10.5 Å². The number of aryl methyl sites for hydroxylation is 1. The highest BCUT2D eigenvalue weighted by molar-refractivity contribution is 5.69. The Morgan fingerprint density at radius 1 is 1.28 bits per heavy atom. The van der Waals surface area contributed by atoms with E-state index in [0.717, 1.165) is 12.1 Å². The second-order valence-corrected chi connectivity index (χ2v) is 3.78. The molecule has 0 aliphatic rings. The fourth-order valence-corrected chi connectivity index (χ4v) is 1.76. The van der Waals surface area contributed by atoms with E-state index >= 15 is 0 Å². The summed E-state index contributed by atoms with van der Waals surface area (Å²) in [5.74, 6) is 1.36. The number of nitrogens with zero attached hydrogens (tertiary/aromatic N) is 2. The van der Waals surface area contributed by atoms with Gasteiger partial charge >= 0.3 is 0 Å². The van der Waals surface area contributed by atoms with E-state index in [9.17, 15) is 0 Å². The minimum Gasteiger partial charge on any atom is -0.490 e. The van der Waals surface area contributed by atoms with Gasteiger partial charge in [-0.25, -0.2) is 9.97 Å². The largest absolute Gasteiger partial charge is 0.490 e. The molecule has 2 aromatic rings. The van der Waals surface area contributed by atoms with Gasteiger partial charge in [0, 0.05) is 5.69 Å². The van der Waals surface area contributed by atoms with Crippen LogP contribution in [0.2, 0.25) is 0 Å². The van der Waals surface area contributed by atoms with Crippen LogP contribution in [0.25, 0.3) is 0 Å². The molecule has 0 saturated carbocycles. The summed E-state index contributed by atoms with van der Waals surface area (Å²) in [6.07, 6.45) is 2.35. The number of rotatable bonds is 4. The van der Waals surface area contributed by atoms with Crippen LogP contribution in [0.3, 0.4) is 0 Å². The fourth-order valence-electron chi connectivity index (χ4n) is 1.76. The summed E-state index contributed by atoms with van der Waals surface area (Å²) in [4.78, 5) is 8.05. The average molecular weight is 244 g/mol. The highest BCUT2D eigenvalue weighted by Crippen LogP contribution is 2.30. The number of nitrogen functional groups attached to an aromatic ring is 1. The van der Waals surface area contributed by atoms with Crippen molar-refractivity contribution in [3.63, 3.8) is 0 Å². The molecule has 1 aromatic heterocycles. The predicted molar refractivity (Wildman–Crippen MR) is 72.1 cm³/mol. The number of methoxy groups -OCH3 is 1. The molecule has 2 rings (SSSR count).